The van der Waals surface area contributed by atoms with Gasteiger partial charge in [0.1, 0.15) is 5.75 Å². The van der Waals surface area contributed by atoms with Crippen LogP contribution in [0.1, 0.15) is 77.3 Å². The van der Waals surface area contributed by atoms with Crippen LogP contribution in [0, 0.1) is 11.8 Å². The number of benzene rings is 2. The maximum absolute atomic E-state index is 9.04. The van der Waals surface area contributed by atoms with E-state index in [1.165, 1.54) is 36.8 Å². The molecule has 1 N–H and O–H groups in total. The maximum atomic E-state index is 9.04. The fraction of sp³-hybridized carbons (Fsp3) is 0.375. The molecule has 1 aliphatic carbocycles. The van der Waals surface area contributed by atoms with Crippen molar-refractivity contribution in [3.8, 4) is 5.75 Å². The van der Waals surface area contributed by atoms with E-state index < -0.39 is 0 Å². The average molecular weight is 445 g/mol. The van der Waals surface area contributed by atoms with Gasteiger partial charge in [0.05, 0.1) is 0 Å². The summed E-state index contributed by atoms with van der Waals surface area (Å²) in [7, 11) is 0. The highest BCUT2D eigenvalue weighted by atomic mass is 16.3. The standard InChI is InChI=1S/C12H14O.C12H14.C8H16/c1-3-10(2)4-5-11-6-8-12(13)9-7-11;1-3-11(2)9-10-12-7-5-4-6-8-12;1-7-4-3-5-8(2)6-7/h4-9,13H,2-3H2,1H3;4-10H,2-3H2,1H3;7-8H,3-6H2,1-2H3/b5-4+;10-9+;. The second-order valence-electron chi connectivity index (χ2n) is 9.07. The summed E-state index contributed by atoms with van der Waals surface area (Å²) in [5, 5.41) is 9.04. The van der Waals surface area contributed by atoms with Crippen molar-refractivity contribution in [1.82, 2.24) is 0 Å². The molecule has 0 saturated heterocycles. The van der Waals surface area contributed by atoms with Gasteiger partial charge < -0.3 is 5.11 Å². The predicted molar refractivity (Wildman–Crippen MR) is 148 cm³/mol. The Morgan fingerprint density at radius 3 is 1.64 bits per heavy atom. The molecule has 0 spiro atoms. The molecule has 1 fully saturated rings. The van der Waals surface area contributed by atoms with Crippen molar-refractivity contribution in [2.24, 2.45) is 11.8 Å². The first-order valence-electron chi connectivity index (χ1n) is 12.4. The van der Waals surface area contributed by atoms with Crippen LogP contribution in [0.25, 0.3) is 12.2 Å². The molecule has 0 radical (unpaired) electrons. The molecule has 1 saturated carbocycles. The highest BCUT2D eigenvalue weighted by molar-refractivity contribution is 5.53. The SMILES string of the molecule is C=C(/C=C/c1ccc(O)cc1)CC.C=C(/C=C/c1ccccc1)CC.CC1CCCC(C)C1. The lowest BCUT2D eigenvalue weighted by Crippen LogP contribution is -2.09. The number of hydrogen-bond donors (Lipinski definition) is 1. The smallest absolute Gasteiger partial charge is 0.115 e. The first-order chi connectivity index (χ1) is 15.8. The molecular formula is C32H44O. The van der Waals surface area contributed by atoms with Gasteiger partial charge in [0.2, 0.25) is 0 Å². The van der Waals surface area contributed by atoms with Crippen LogP contribution >= 0.6 is 0 Å². The Kier molecular flexibility index (Phi) is 14.4. The zero-order chi connectivity index (χ0) is 24.5. The van der Waals surface area contributed by atoms with Crippen molar-refractivity contribution in [3.63, 3.8) is 0 Å². The van der Waals surface area contributed by atoms with Gasteiger partial charge in [-0.3, -0.25) is 0 Å². The minimum atomic E-state index is 0.298. The first kappa shape index (κ1) is 28.2. The Hall–Kier alpha value is -2.80. The molecule has 2 aromatic rings. The lowest BCUT2D eigenvalue weighted by Gasteiger charge is -2.22. The van der Waals surface area contributed by atoms with Gasteiger partial charge in [0.15, 0.2) is 0 Å². The van der Waals surface area contributed by atoms with Crippen LogP contribution in [0.2, 0.25) is 0 Å². The van der Waals surface area contributed by atoms with Crippen LogP contribution in [0.3, 0.4) is 0 Å². The molecule has 0 amide bonds. The molecule has 3 rings (SSSR count). The van der Waals surface area contributed by atoms with Crippen molar-refractivity contribution in [1.29, 1.82) is 0 Å². The fourth-order valence-corrected chi connectivity index (χ4v) is 3.55. The molecule has 2 aromatic carbocycles. The van der Waals surface area contributed by atoms with Crippen LogP contribution < -0.4 is 0 Å². The number of allylic oxidation sites excluding steroid dienone is 4. The molecule has 0 aromatic heterocycles. The molecule has 2 atom stereocenters. The Balaban J connectivity index is 0.000000254. The molecule has 1 nitrogen and oxygen atoms in total. The average Bonchev–Trinajstić information content (AvgIpc) is 2.83. The van der Waals surface area contributed by atoms with E-state index in [-0.39, 0.29) is 0 Å². The van der Waals surface area contributed by atoms with Crippen LogP contribution in [-0.2, 0) is 0 Å². The number of phenolic OH excluding ortho intramolecular Hbond substituents is 1. The Labute approximate surface area is 203 Å². The van der Waals surface area contributed by atoms with Crippen molar-refractivity contribution in [2.75, 3.05) is 0 Å². The summed E-state index contributed by atoms with van der Waals surface area (Å²) >= 11 is 0. The van der Waals surface area contributed by atoms with Gasteiger partial charge in [0.25, 0.3) is 0 Å². The summed E-state index contributed by atoms with van der Waals surface area (Å²) in [6.07, 6.45) is 16.0. The zero-order valence-electron chi connectivity index (χ0n) is 21.3. The minimum absolute atomic E-state index is 0.298. The lowest BCUT2D eigenvalue weighted by molar-refractivity contribution is 0.301. The summed E-state index contributed by atoms with van der Waals surface area (Å²) < 4.78 is 0. The van der Waals surface area contributed by atoms with E-state index in [9.17, 15) is 0 Å². The predicted octanol–water partition coefficient (Wildman–Crippen LogP) is 9.87. The molecule has 0 heterocycles. The molecule has 1 aliphatic rings. The van der Waals surface area contributed by atoms with Gasteiger partial charge in [-0.1, -0.05) is 138 Å². The van der Waals surface area contributed by atoms with Crippen molar-refractivity contribution in [2.45, 2.75) is 66.2 Å². The minimum Gasteiger partial charge on any atom is -0.508 e. The van der Waals surface area contributed by atoms with Crippen LogP contribution in [-0.4, -0.2) is 5.11 Å². The van der Waals surface area contributed by atoms with Gasteiger partial charge in [0, 0.05) is 0 Å². The number of aromatic hydroxyl groups is 1. The third-order valence-electron chi connectivity index (χ3n) is 5.82. The lowest BCUT2D eigenvalue weighted by atomic mass is 9.84. The van der Waals surface area contributed by atoms with E-state index in [4.69, 9.17) is 5.11 Å². The molecule has 1 heteroatoms. The normalized spacial score (nSPS) is 17.6. The number of phenols is 1. The molecule has 2 unspecified atom stereocenters. The quantitative estimate of drug-likeness (QED) is 0.439. The highest BCUT2D eigenvalue weighted by Gasteiger charge is 2.13. The largest absolute Gasteiger partial charge is 0.508 e. The van der Waals surface area contributed by atoms with E-state index in [2.05, 4.69) is 65.1 Å². The van der Waals surface area contributed by atoms with Gasteiger partial charge in [-0.05, 0) is 54.4 Å². The molecule has 0 bridgehead atoms. The van der Waals surface area contributed by atoms with E-state index in [1.807, 2.05) is 42.5 Å². The van der Waals surface area contributed by atoms with Crippen molar-refractivity contribution >= 4 is 12.2 Å². The summed E-state index contributed by atoms with van der Waals surface area (Å²) in [5.74, 6) is 2.32. The first-order valence-corrected chi connectivity index (χ1v) is 12.4. The number of hydrogen-bond acceptors (Lipinski definition) is 1. The van der Waals surface area contributed by atoms with Gasteiger partial charge in [-0.2, -0.15) is 0 Å². The molecular weight excluding hydrogens is 400 g/mol. The van der Waals surface area contributed by atoms with Crippen LogP contribution in [0.15, 0.2) is 91.1 Å². The second-order valence-corrected chi connectivity index (χ2v) is 9.07. The van der Waals surface area contributed by atoms with Crippen LogP contribution in [0.5, 0.6) is 5.75 Å². The monoisotopic (exact) mass is 444 g/mol. The van der Waals surface area contributed by atoms with Crippen LogP contribution in [0.4, 0.5) is 0 Å². The highest BCUT2D eigenvalue weighted by Crippen LogP contribution is 2.27. The van der Waals surface area contributed by atoms with Crippen molar-refractivity contribution in [3.05, 3.63) is 102 Å². The maximum Gasteiger partial charge on any atom is 0.115 e. The van der Waals surface area contributed by atoms with Gasteiger partial charge in [-0.25, -0.2) is 0 Å². The number of rotatable bonds is 6. The Morgan fingerprint density at radius 2 is 1.24 bits per heavy atom. The summed E-state index contributed by atoms with van der Waals surface area (Å²) in [5.41, 5.74) is 4.58. The van der Waals surface area contributed by atoms with Crippen molar-refractivity contribution < 1.29 is 5.11 Å². The topological polar surface area (TPSA) is 20.2 Å². The molecule has 178 valence electrons. The third kappa shape index (κ3) is 14.1. The third-order valence-corrected chi connectivity index (χ3v) is 5.82. The van der Waals surface area contributed by atoms with E-state index in [1.54, 1.807) is 12.1 Å². The van der Waals surface area contributed by atoms with E-state index >= 15 is 0 Å². The van der Waals surface area contributed by atoms with Gasteiger partial charge >= 0.3 is 0 Å². The Bertz CT molecular complexity index is 847. The molecule has 33 heavy (non-hydrogen) atoms. The summed E-state index contributed by atoms with van der Waals surface area (Å²) in [6.45, 7) is 16.7. The van der Waals surface area contributed by atoms with Gasteiger partial charge in [-0.15, -0.1) is 0 Å². The fourth-order valence-electron chi connectivity index (χ4n) is 3.55. The van der Waals surface area contributed by atoms with E-state index in [0.717, 1.165) is 35.8 Å². The zero-order valence-corrected chi connectivity index (χ0v) is 21.3. The Morgan fingerprint density at radius 1 is 0.788 bits per heavy atom. The molecule has 0 aliphatic heterocycles. The summed E-state index contributed by atoms with van der Waals surface area (Å²) in [6, 6.07) is 17.3. The van der Waals surface area contributed by atoms with E-state index in [0.29, 0.717) is 5.75 Å². The summed E-state index contributed by atoms with van der Waals surface area (Å²) in [4.78, 5) is 0. The second kappa shape index (κ2) is 16.8.